The van der Waals surface area contributed by atoms with Crippen LogP contribution in [0.4, 0.5) is 4.79 Å². The second kappa shape index (κ2) is 7.85. The molecule has 2 N–H and O–H groups in total. The molecule has 2 atom stereocenters. The van der Waals surface area contributed by atoms with Gasteiger partial charge in [-0.3, -0.25) is 4.79 Å². The minimum absolute atomic E-state index is 0.0135. The highest BCUT2D eigenvalue weighted by Crippen LogP contribution is 2.22. The second-order valence-electron chi connectivity index (χ2n) is 7.14. The van der Waals surface area contributed by atoms with Crippen molar-refractivity contribution in [3.63, 3.8) is 0 Å². The van der Waals surface area contributed by atoms with Crippen LogP contribution in [0.5, 0.6) is 0 Å². The Hall–Kier alpha value is -1.79. The van der Waals surface area contributed by atoms with Crippen molar-refractivity contribution in [2.45, 2.75) is 57.9 Å². The number of likely N-dealkylation sites (tertiary alicyclic amines) is 2. The van der Waals surface area contributed by atoms with Crippen LogP contribution in [0, 0.1) is 5.92 Å². The van der Waals surface area contributed by atoms with Crippen molar-refractivity contribution in [1.82, 2.24) is 15.1 Å². The first-order valence-corrected chi connectivity index (χ1v) is 8.96. The third-order valence-electron chi connectivity index (χ3n) is 5.06. The minimum Gasteiger partial charge on any atom is -0.480 e. The monoisotopic (exact) mass is 339 g/mol. The number of amides is 3. The fraction of sp³-hybridized carbons (Fsp3) is 0.824. The van der Waals surface area contributed by atoms with E-state index in [1.165, 1.54) is 0 Å². The van der Waals surface area contributed by atoms with Gasteiger partial charge in [0.05, 0.1) is 5.92 Å². The average Bonchev–Trinajstić information content (AvgIpc) is 3.08. The van der Waals surface area contributed by atoms with Crippen molar-refractivity contribution in [2.75, 3.05) is 26.2 Å². The number of nitrogens with zero attached hydrogens (tertiary/aromatic N) is 2. The Balaban J connectivity index is 1.96. The van der Waals surface area contributed by atoms with Crippen LogP contribution < -0.4 is 5.32 Å². The Bertz CT molecular complexity index is 490. The second-order valence-corrected chi connectivity index (χ2v) is 7.14. The molecule has 0 aromatic rings. The molecule has 0 aromatic heterocycles. The summed E-state index contributed by atoms with van der Waals surface area (Å²) < 4.78 is 0. The van der Waals surface area contributed by atoms with Gasteiger partial charge in [-0.1, -0.05) is 13.3 Å². The minimum atomic E-state index is -1.24. The highest BCUT2D eigenvalue weighted by Gasteiger charge is 2.38. The maximum atomic E-state index is 12.6. The van der Waals surface area contributed by atoms with Gasteiger partial charge < -0.3 is 20.2 Å². The van der Waals surface area contributed by atoms with E-state index in [9.17, 15) is 19.5 Å². The maximum absolute atomic E-state index is 12.6. The maximum Gasteiger partial charge on any atom is 0.329 e. The SMILES string of the molecule is CCCC(C)(NC(=O)C1CCCN(C(=O)N2CCCC2)C1)C(=O)O. The van der Waals surface area contributed by atoms with Crippen molar-refractivity contribution in [3.8, 4) is 0 Å². The molecule has 0 bridgehead atoms. The molecular weight excluding hydrogens is 310 g/mol. The predicted molar refractivity (Wildman–Crippen MR) is 89.6 cm³/mol. The lowest BCUT2D eigenvalue weighted by Gasteiger charge is -2.36. The molecular formula is C17H29N3O4. The molecule has 0 saturated carbocycles. The molecule has 136 valence electrons. The zero-order valence-corrected chi connectivity index (χ0v) is 14.7. The number of aliphatic carboxylic acids is 1. The van der Waals surface area contributed by atoms with E-state index in [-0.39, 0.29) is 17.9 Å². The molecule has 2 rings (SSSR count). The summed E-state index contributed by atoms with van der Waals surface area (Å²) in [5.74, 6) is -1.60. The number of piperidine rings is 1. The number of urea groups is 1. The van der Waals surface area contributed by atoms with Crippen LogP contribution >= 0.6 is 0 Å². The van der Waals surface area contributed by atoms with Crippen LogP contribution in [-0.2, 0) is 9.59 Å². The Morgan fingerprint density at radius 2 is 1.75 bits per heavy atom. The van der Waals surface area contributed by atoms with Crippen molar-refractivity contribution < 1.29 is 19.5 Å². The smallest absolute Gasteiger partial charge is 0.329 e. The summed E-state index contributed by atoms with van der Waals surface area (Å²) >= 11 is 0. The summed E-state index contributed by atoms with van der Waals surface area (Å²) in [5, 5.41) is 12.1. The topological polar surface area (TPSA) is 90.0 Å². The molecule has 2 fully saturated rings. The highest BCUT2D eigenvalue weighted by molar-refractivity contribution is 5.88. The number of carboxylic acid groups (broad SMARTS) is 1. The van der Waals surface area contributed by atoms with E-state index < -0.39 is 11.5 Å². The van der Waals surface area contributed by atoms with Gasteiger partial charge in [0.25, 0.3) is 0 Å². The fourth-order valence-electron chi connectivity index (χ4n) is 3.57. The highest BCUT2D eigenvalue weighted by atomic mass is 16.4. The van der Waals surface area contributed by atoms with Crippen molar-refractivity contribution in [1.29, 1.82) is 0 Å². The molecule has 2 heterocycles. The summed E-state index contributed by atoms with van der Waals surface area (Å²) in [5.41, 5.74) is -1.24. The van der Waals surface area contributed by atoms with E-state index in [2.05, 4.69) is 5.32 Å². The summed E-state index contributed by atoms with van der Waals surface area (Å²) in [6, 6.07) is 0.0135. The molecule has 7 heteroatoms. The molecule has 3 amide bonds. The molecule has 0 radical (unpaired) electrons. The van der Waals surface area contributed by atoms with E-state index in [1.807, 2.05) is 11.8 Å². The lowest BCUT2D eigenvalue weighted by molar-refractivity contribution is -0.148. The van der Waals surface area contributed by atoms with E-state index in [0.717, 1.165) is 32.4 Å². The van der Waals surface area contributed by atoms with E-state index >= 15 is 0 Å². The molecule has 2 saturated heterocycles. The fourth-order valence-corrected chi connectivity index (χ4v) is 3.57. The number of carboxylic acids is 1. The molecule has 24 heavy (non-hydrogen) atoms. The standard InChI is InChI=1S/C17H29N3O4/c1-3-8-17(2,15(22)23)18-14(21)13-7-6-11-20(12-13)16(24)19-9-4-5-10-19/h13H,3-12H2,1-2H3,(H,18,21)(H,22,23). The molecule has 0 spiro atoms. The largest absolute Gasteiger partial charge is 0.480 e. The number of nitrogens with one attached hydrogen (secondary N) is 1. The lowest BCUT2D eigenvalue weighted by atomic mass is 9.92. The summed E-state index contributed by atoms with van der Waals surface area (Å²) in [6.45, 7) is 6.07. The molecule has 0 aliphatic carbocycles. The van der Waals surface area contributed by atoms with Gasteiger partial charge in [-0.2, -0.15) is 0 Å². The third-order valence-corrected chi connectivity index (χ3v) is 5.06. The van der Waals surface area contributed by atoms with Crippen LogP contribution in [0.3, 0.4) is 0 Å². The third kappa shape index (κ3) is 4.19. The molecule has 2 aliphatic heterocycles. The quantitative estimate of drug-likeness (QED) is 0.797. The van der Waals surface area contributed by atoms with Gasteiger partial charge in [-0.25, -0.2) is 9.59 Å². The number of hydrogen-bond donors (Lipinski definition) is 2. The van der Waals surface area contributed by atoms with Crippen LogP contribution in [0.2, 0.25) is 0 Å². The zero-order chi connectivity index (χ0) is 17.7. The predicted octanol–water partition coefficient (Wildman–Crippen LogP) is 1.67. The van der Waals surface area contributed by atoms with Crippen molar-refractivity contribution in [2.24, 2.45) is 5.92 Å². The lowest BCUT2D eigenvalue weighted by Crippen LogP contribution is -2.56. The number of hydrogen-bond acceptors (Lipinski definition) is 3. The molecule has 2 aliphatic rings. The summed E-state index contributed by atoms with van der Waals surface area (Å²) in [6.07, 6.45) is 4.60. The Morgan fingerprint density at radius 1 is 1.12 bits per heavy atom. The van der Waals surface area contributed by atoms with E-state index in [1.54, 1.807) is 11.8 Å². The Kier molecular flexibility index (Phi) is 6.07. The summed E-state index contributed by atoms with van der Waals surface area (Å²) in [4.78, 5) is 40.1. The zero-order valence-electron chi connectivity index (χ0n) is 14.7. The van der Waals surface area contributed by atoms with E-state index in [0.29, 0.717) is 32.4 Å². The van der Waals surface area contributed by atoms with Gasteiger partial charge in [0.2, 0.25) is 5.91 Å². The van der Waals surface area contributed by atoms with Gasteiger partial charge in [-0.05, 0) is 39.0 Å². The number of carbonyl (C=O) groups excluding carboxylic acids is 2. The first-order valence-electron chi connectivity index (χ1n) is 8.96. The van der Waals surface area contributed by atoms with Crippen LogP contribution in [0.1, 0.15) is 52.4 Å². The first-order chi connectivity index (χ1) is 11.4. The summed E-state index contributed by atoms with van der Waals surface area (Å²) in [7, 11) is 0. The number of carbonyl (C=O) groups is 3. The van der Waals surface area contributed by atoms with Crippen molar-refractivity contribution in [3.05, 3.63) is 0 Å². The Morgan fingerprint density at radius 3 is 2.33 bits per heavy atom. The molecule has 7 nitrogen and oxygen atoms in total. The van der Waals surface area contributed by atoms with Crippen LogP contribution in [0.25, 0.3) is 0 Å². The average molecular weight is 339 g/mol. The van der Waals surface area contributed by atoms with Crippen LogP contribution in [0.15, 0.2) is 0 Å². The normalized spacial score (nSPS) is 23.7. The van der Waals surface area contributed by atoms with Crippen molar-refractivity contribution >= 4 is 17.9 Å². The van der Waals surface area contributed by atoms with E-state index in [4.69, 9.17) is 0 Å². The van der Waals surface area contributed by atoms with Crippen LogP contribution in [-0.4, -0.2) is 64.5 Å². The number of rotatable bonds is 5. The Labute approximate surface area is 143 Å². The molecule has 2 unspecified atom stereocenters. The van der Waals surface area contributed by atoms with Gasteiger partial charge in [0.1, 0.15) is 5.54 Å². The van der Waals surface area contributed by atoms with Gasteiger partial charge in [0.15, 0.2) is 0 Å². The molecule has 0 aromatic carbocycles. The van der Waals surface area contributed by atoms with Gasteiger partial charge >= 0.3 is 12.0 Å². The first kappa shape index (κ1) is 18.5. The van der Waals surface area contributed by atoms with Gasteiger partial charge in [-0.15, -0.1) is 0 Å². The van der Waals surface area contributed by atoms with Gasteiger partial charge in [0, 0.05) is 26.2 Å².